The Balaban J connectivity index is 4.79. The van der Waals surface area contributed by atoms with E-state index in [0.29, 0.717) is 0 Å². The lowest BCUT2D eigenvalue weighted by molar-refractivity contribution is -0.113. The van der Waals surface area contributed by atoms with Crippen molar-refractivity contribution in [3.8, 4) is 0 Å². The fourth-order valence-electron chi connectivity index (χ4n) is 0.681. The average Bonchev–Trinajstić information content (AvgIpc) is 1.85. The number of hydrogen-bond acceptors (Lipinski definition) is 4. The lowest BCUT2D eigenvalue weighted by atomic mass is 10.2. The Hall–Kier alpha value is -0.770. The molecule has 0 rings (SSSR count). The molecule has 0 unspecified atom stereocenters. The summed E-state index contributed by atoms with van der Waals surface area (Å²) in [7, 11) is 0. The van der Waals surface area contributed by atoms with E-state index in [2.05, 4.69) is 0 Å². The highest BCUT2D eigenvalue weighted by atomic mass is 32.2. The number of allylic oxidation sites excluding steroid dienone is 1. The highest BCUT2D eigenvalue weighted by molar-refractivity contribution is 8.13. The van der Waals surface area contributed by atoms with E-state index in [4.69, 9.17) is 10.5 Å². The highest BCUT2D eigenvalue weighted by Gasteiger charge is 2.12. The van der Waals surface area contributed by atoms with Gasteiger partial charge in [-0.25, -0.2) is 0 Å². The molecule has 11 heavy (non-hydrogen) atoms. The Morgan fingerprint density at radius 2 is 1.91 bits per heavy atom. The van der Waals surface area contributed by atoms with E-state index >= 15 is 0 Å². The van der Waals surface area contributed by atoms with E-state index in [0.717, 1.165) is 11.8 Å². The molecule has 0 aliphatic carbocycles. The maximum atomic E-state index is 10.8. The van der Waals surface area contributed by atoms with Gasteiger partial charge in [-0.2, -0.15) is 0 Å². The van der Waals surface area contributed by atoms with Crippen molar-refractivity contribution in [1.82, 2.24) is 0 Å². The molecule has 0 radical (unpaired) electrons. The molecule has 0 spiro atoms. The minimum atomic E-state index is -0.274. The second-order valence-electron chi connectivity index (χ2n) is 2.05. The summed E-state index contributed by atoms with van der Waals surface area (Å²) in [6, 6.07) is 0. The molecule has 0 fully saturated rings. The minimum absolute atomic E-state index is 0.0862. The number of carbonyl (C=O) groups excluding carboxylic acids is 1. The topological polar surface area (TPSA) is 61.2 Å². The van der Waals surface area contributed by atoms with Crippen LogP contribution in [0.2, 0.25) is 0 Å². The zero-order valence-corrected chi connectivity index (χ0v) is 7.58. The number of aliphatic hydroxyl groups excluding tert-OH is 1. The fraction of sp³-hybridized carbons (Fsp3) is 0.429. The van der Waals surface area contributed by atoms with Gasteiger partial charge in [-0.1, -0.05) is 0 Å². The van der Waals surface area contributed by atoms with Crippen LogP contribution in [0.15, 0.2) is 11.3 Å². The normalized spacial score (nSPS) is 12.3. The SMILES string of the molecule is CSC(=N)/C(C(C)=O)=C(\C)O. The van der Waals surface area contributed by atoms with Crippen molar-refractivity contribution in [3.05, 3.63) is 11.3 Å². The number of rotatable bonds is 2. The molecule has 0 aliphatic heterocycles. The van der Waals surface area contributed by atoms with Crippen LogP contribution in [-0.4, -0.2) is 22.2 Å². The van der Waals surface area contributed by atoms with E-state index in [1.54, 1.807) is 6.26 Å². The summed E-state index contributed by atoms with van der Waals surface area (Å²) in [5.41, 5.74) is 0.109. The summed E-state index contributed by atoms with van der Waals surface area (Å²) in [4.78, 5) is 10.8. The van der Waals surface area contributed by atoms with Gasteiger partial charge in [-0.05, 0) is 20.1 Å². The van der Waals surface area contributed by atoms with Crippen LogP contribution in [0.1, 0.15) is 13.8 Å². The molecule has 0 amide bonds. The number of Topliss-reactive ketones (excluding diaryl/α,β-unsaturated/α-hetero) is 1. The van der Waals surface area contributed by atoms with Gasteiger partial charge in [0.2, 0.25) is 0 Å². The van der Waals surface area contributed by atoms with E-state index < -0.39 is 0 Å². The summed E-state index contributed by atoms with van der Waals surface area (Å²) in [5.74, 6) is -0.360. The first kappa shape index (κ1) is 10.2. The third-order valence-electron chi connectivity index (χ3n) is 1.15. The van der Waals surface area contributed by atoms with Gasteiger partial charge in [0, 0.05) is 0 Å². The van der Waals surface area contributed by atoms with Crippen molar-refractivity contribution >= 4 is 22.6 Å². The summed E-state index contributed by atoms with van der Waals surface area (Å²) in [5, 5.41) is 16.4. The van der Waals surface area contributed by atoms with Crippen LogP contribution < -0.4 is 0 Å². The van der Waals surface area contributed by atoms with Crippen molar-refractivity contribution in [3.63, 3.8) is 0 Å². The molecule has 0 aliphatic rings. The van der Waals surface area contributed by atoms with E-state index in [9.17, 15) is 4.79 Å². The van der Waals surface area contributed by atoms with Gasteiger partial charge in [0.15, 0.2) is 5.78 Å². The largest absolute Gasteiger partial charge is 0.512 e. The molecule has 0 saturated heterocycles. The van der Waals surface area contributed by atoms with Gasteiger partial charge in [-0.15, -0.1) is 11.8 Å². The Kier molecular flexibility index (Phi) is 3.89. The fourth-order valence-corrected chi connectivity index (χ4v) is 1.18. The predicted octanol–water partition coefficient (Wildman–Crippen LogP) is 1.75. The van der Waals surface area contributed by atoms with Gasteiger partial charge in [0.05, 0.1) is 5.57 Å². The van der Waals surface area contributed by atoms with Crippen LogP contribution in [0, 0.1) is 5.41 Å². The van der Waals surface area contributed by atoms with Gasteiger partial charge < -0.3 is 5.11 Å². The van der Waals surface area contributed by atoms with Gasteiger partial charge in [0.25, 0.3) is 0 Å². The third kappa shape index (κ3) is 2.76. The Labute approximate surface area is 70.0 Å². The predicted molar refractivity (Wildman–Crippen MR) is 47.3 cm³/mol. The molecule has 0 saturated carbocycles. The van der Waals surface area contributed by atoms with E-state index in [1.165, 1.54) is 13.8 Å². The molecule has 62 valence electrons. The Bertz CT molecular complexity index is 216. The van der Waals surface area contributed by atoms with Crippen LogP contribution >= 0.6 is 11.8 Å². The Morgan fingerprint density at radius 3 is 2.00 bits per heavy atom. The summed E-state index contributed by atoms with van der Waals surface area (Å²) >= 11 is 1.13. The first-order valence-corrected chi connectivity index (χ1v) is 4.26. The monoisotopic (exact) mass is 173 g/mol. The molecule has 0 aromatic carbocycles. The number of ketones is 1. The number of nitrogens with one attached hydrogen (secondary N) is 1. The van der Waals surface area contributed by atoms with E-state index in [1.807, 2.05) is 0 Å². The van der Waals surface area contributed by atoms with Gasteiger partial charge >= 0.3 is 0 Å². The highest BCUT2D eigenvalue weighted by Crippen LogP contribution is 2.11. The zero-order chi connectivity index (χ0) is 9.02. The van der Waals surface area contributed by atoms with Crippen molar-refractivity contribution in [2.45, 2.75) is 13.8 Å². The second kappa shape index (κ2) is 4.18. The van der Waals surface area contributed by atoms with Crippen LogP contribution in [0.4, 0.5) is 0 Å². The minimum Gasteiger partial charge on any atom is -0.512 e. The molecule has 0 aromatic heterocycles. The van der Waals surface area contributed by atoms with Crippen LogP contribution in [-0.2, 0) is 4.79 Å². The lowest BCUT2D eigenvalue weighted by Crippen LogP contribution is -2.07. The van der Waals surface area contributed by atoms with Crippen molar-refractivity contribution in [2.24, 2.45) is 0 Å². The van der Waals surface area contributed by atoms with Crippen molar-refractivity contribution < 1.29 is 9.90 Å². The van der Waals surface area contributed by atoms with Gasteiger partial charge in [-0.3, -0.25) is 10.2 Å². The maximum Gasteiger partial charge on any atom is 0.165 e. The molecule has 0 atom stereocenters. The molecule has 0 bridgehead atoms. The number of thioether (sulfide) groups is 1. The first-order chi connectivity index (χ1) is 5.00. The standard InChI is InChI=1S/C7H11NO2S/c1-4(9)6(5(2)10)7(8)11-3/h8-9H,1-3H3/b6-4+,8-7?. The average molecular weight is 173 g/mol. The third-order valence-corrected chi connectivity index (χ3v) is 1.76. The molecule has 4 heteroatoms. The number of carbonyl (C=O) groups is 1. The van der Waals surface area contributed by atoms with Crippen LogP contribution in [0.3, 0.4) is 0 Å². The number of aliphatic hydroxyl groups is 1. The molecule has 2 N–H and O–H groups in total. The van der Waals surface area contributed by atoms with E-state index in [-0.39, 0.29) is 22.2 Å². The van der Waals surface area contributed by atoms with Gasteiger partial charge in [0.1, 0.15) is 10.8 Å². The maximum absolute atomic E-state index is 10.8. The molecular formula is C7H11NO2S. The second-order valence-corrected chi connectivity index (χ2v) is 2.87. The smallest absolute Gasteiger partial charge is 0.165 e. The van der Waals surface area contributed by atoms with Crippen LogP contribution in [0.25, 0.3) is 0 Å². The van der Waals surface area contributed by atoms with Crippen molar-refractivity contribution in [2.75, 3.05) is 6.26 Å². The molecule has 3 nitrogen and oxygen atoms in total. The zero-order valence-electron chi connectivity index (χ0n) is 6.76. The van der Waals surface area contributed by atoms with Crippen LogP contribution in [0.5, 0.6) is 0 Å². The molecule has 0 heterocycles. The Morgan fingerprint density at radius 1 is 1.45 bits per heavy atom. The molecule has 0 aromatic rings. The summed E-state index contributed by atoms with van der Waals surface area (Å²) in [6.07, 6.45) is 1.69. The quantitative estimate of drug-likeness (QED) is 0.289. The lowest BCUT2D eigenvalue weighted by Gasteiger charge is -2.02. The number of hydrogen-bond donors (Lipinski definition) is 2. The molecular weight excluding hydrogens is 162 g/mol. The van der Waals surface area contributed by atoms with Crippen molar-refractivity contribution in [1.29, 1.82) is 5.41 Å². The first-order valence-electron chi connectivity index (χ1n) is 3.04. The summed E-state index contributed by atoms with van der Waals surface area (Å²) in [6.45, 7) is 2.74. The summed E-state index contributed by atoms with van der Waals surface area (Å²) < 4.78 is 0.